The average molecular weight is 576 g/mol. The topological polar surface area (TPSA) is 92.6 Å². The lowest BCUT2D eigenvalue weighted by molar-refractivity contribution is -0.132. The van der Waals surface area contributed by atoms with Crippen LogP contribution < -0.4 is 9.64 Å². The van der Waals surface area contributed by atoms with Gasteiger partial charge in [-0.3, -0.25) is 14.5 Å². The summed E-state index contributed by atoms with van der Waals surface area (Å²) in [7, 11) is 0. The van der Waals surface area contributed by atoms with Gasteiger partial charge in [0.15, 0.2) is 4.34 Å². The molecule has 0 spiro atoms. The Balaban J connectivity index is 1.50. The zero-order valence-electron chi connectivity index (χ0n) is 21.6. The number of benzene rings is 3. The Morgan fingerprint density at radius 3 is 2.48 bits per heavy atom. The summed E-state index contributed by atoms with van der Waals surface area (Å²) < 4.78 is 21.4. The third-order valence-electron chi connectivity index (χ3n) is 6.35. The number of amides is 1. The molecule has 1 amide bonds. The molecule has 5 rings (SSSR count). The van der Waals surface area contributed by atoms with Gasteiger partial charge in [-0.1, -0.05) is 85.0 Å². The fourth-order valence-corrected chi connectivity index (χ4v) is 6.12. The number of aliphatic hydroxyl groups is 1. The van der Waals surface area contributed by atoms with E-state index >= 15 is 4.39 Å². The molecule has 1 saturated heterocycles. The monoisotopic (exact) mass is 575 g/mol. The third kappa shape index (κ3) is 5.78. The molecule has 1 unspecified atom stereocenters. The smallest absolute Gasteiger partial charge is 0.301 e. The maximum absolute atomic E-state index is 15.1. The van der Waals surface area contributed by atoms with Crippen molar-refractivity contribution in [2.45, 2.75) is 35.9 Å². The normalized spacial score (nSPS) is 16.4. The largest absolute Gasteiger partial charge is 0.507 e. The number of rotatable bonds is 10. The first-order chi connectivity index (χ1) is 19.5. The molecule has 0 aliphatic carbocycles. The average Bonchev–Trinajstić information content (AvgIpc) is 3.55. The van der Waals surface area contributed by atoms with E-state index in [0.717, 1.165) is 34.6 Å². The van der Waals surface area contributed by atoms with Gasteiger partial charge in [0.05, 0.1) is 12.2 Å². The molecule has 1 aliphatic heterocycles. The fourth-order valence-electron chi connectivity index (χ4n) is 4.30. The van der Waals surface area contributed by atoms with E-state index in [1.165, 1.54) is 30.0 Å². The van der Waals surface area contributed by atoms with Gasteiger partial charge < -0.3 is 9.84 Å². The van der Waals surface area contributed by atoms with E-state index < -0.39 is 29.3 Å². The summed E-state index contributed by atoms with van der Waals surface area (Å²) in [5.41, 5.74) is 1.25. The molecular formula is C30H26FN3O4S2. The number of carbonyl (C=O) groups excluding carboxylic acids is 2. The van der Waals surface area contributed by atoms with Crippen molar-refractivity contribution in [1.82, 2.24) is 10.2 Å². The molecule has 7 nitrogen and oxygen atoms in total. The molecule has 10 heteroatoms. The Hall–Kier alpha value is -4.02. The lowest BCUT2D eigenvalue weighted by Gasteiger charge is -2.22. The van der Waals surface area contributed by atoms with Crippen LogP contribution in [0.2, 0.25) is 0 Å². The van der Waals surface area contributed by atoms with Crippen LogP contribution in [0.25, 0.3) is 5.76 Å². The molecule has 204 valence electrons. The first kappa shape index (κ1) is 27.5. The number of aromatic nitrogens is 2. The number of ketones is 1. The number of hydrogen-bond acceptors (Lipinski definition) is 8. The molecule has 1 atom stereocenters. The minimum absolute atomic E-state index is 0.0662. The first-order valence-electron chi connectivity index (χ1n) is 12.8. The molecule has 4 aromatic rings. The summed E-state index contributed by atoms with van der Waals surface area (Å²) in [6.07, 6.45) is 1.91. The van der Waals surface area contributed by atoms with Crippen LogP contribution in [0.5, 0.6) is 5.75 Å². The maximum atomic E-state index is 15.1. The minimum atomic E-state index is -1.22. The molecule has 1 fully saturated rings. The van der Waals surface area contributed by atoms with E-state index in [1.807, 2.05) is 30.3 Å². The molecule has 2 heterocycles. The van der Waals surface area contributed by atoms with Gasteiger partial charge in [0.25, 0.3) is 5.78 Å². The van der Waals surface area contributed by atoms with Crippen LogP contribution in [0.1, 0.15) is 42.5 Å². The first-order valence-corrected chi connectivity index (χ1v) is 14.6. The van der Waals surface area contributed by atoms with Gasteiger partial charge >= 0.3 is 5.91 Å². The van der Waals surface area contributed by atoms with E-state index in [0.29, 0.717) is 28.0 Å². The molecule has 40 heavy (non-hydrogen) atoms. The summed E-state index contributed by atoms with van der Waals surface area (Å²) in [6.45, 7) is 2.63. The van der Waals surface area contributed by atoms with Crippen LogP contribution in [0, 0.1) is 5.82 Å². The highest BCUT2D eigenvalue weighted by Gasteiger charge is 2.49. The number of aliphatic hydroxyl groups excluding tert-OH is 1. The SMILES string of the molecule is CCCCOc1ccc(C(O)=C2C(=O)C(=O)N(c3nnc(SCc4ccccc4)s3)C2c2ccccc2F)cc1. The number of ether oxygens (including phenoxy) is 1. The number of nitrogens with zero attached hydrogens (tertiary/aromatic N) is 3. The Kier molecular flexibility index (Phi) is 8.57. The Morgan fingerprint density at radius 1 is 1.02 bits per heavy atom. The van der Waals surface area contributed by atoms with Crippen molar-refractivity contribution in [2.75, 3.05) is 11.5 Å². The van der Waals surface area contributed by atoms with Crippen molar-refractivity contribution in [3.8, 4) is 5.75 Å². The highest BCUT2D eigenvalue weighted by Crippen LogP contribution is 2.44. The molecule has 1 N–H and O–H groups in total. The number of Topliss-reactive ketones (excluding diaryl/α,β-unsaturated/α-hetero) is 1. The quantitative estimate of drug-likeness (QED) is 0.0557. The zero-order chi connectivity index (χ0) is 28.1. The molecule has 0 saturated carbocycles. The number of anilines is 1. The van der Waals surface area contributed by atoms with Crippen LogP contribution in [0.15, 0.2) is 88.8 Å². The minimum Gasteiger partial charge on any atom is -0.507 e. The second kappa shape index (κ2) is 12.4. The van der Waals surface area contributed by atoms with Crippen LogP contribution in [-0.4, -0.2) is 33.6 Å². The predicted molar refractivity (Wildman–Crippen MR) is 154 cm³/mol. The Morgan fingerprint density at radius 2 is 1.75 bits per heavy atom. The summed E-state index contributed by atoms with van der Waals surface area (Å²) in [6, 6.07) is 21.0. The van der Waals surface area contributed by atoms with Crippen molar-refractivity contribution in [1.29, 1.82) is 0 Å². The standard InChI is InChI=1S/C30H26FN3O4S2/c1-2-3-17-38-21-15-13-20(14-16-21)26(35)24-25(22-11-7-8-12-23(22)31)34(28(37)27(24)36)29-32-33-30(40-29)39-18-19-9-5-4-6-10-19/h4-16,25,35H,2-3,17-18H2,1H3. The number of carbonyl (C=O) groups is 2. The van der Waals surface area contributed by atoms with E-state index in [4.69, 9.17) is 4.74 Å². The van der Waals surface area contributed by atoms with Gasteiger partial charge in [0.2, 0.25) is 5.13 Å². The van der Waals surface area contributed by atoms with Crippen molar-refractivity contribution >= 4 is 45.7 Å². The van der Waals surface area contributed by atoms with Gasteiger partial charge in [-0.05, 0) is 42.3 Å². The van der Waals surface area contributed by atoms with Gasteiger partial charge in [-0.25, -0.2) is 4.39 Å². The van der Waals surface area contributed by atoms with Crippen molar-refractivity contribution < 1.29 is 23.8 Å². The number of halogens is 1. The summed E-state index contributed by atoms with van der Waals surface area (Å²) in [5.74, 6) is -1.60. The lowest BCUT2D eigenvalue weighted by Crippen LogP contribution is -2.29. The number of hydrogen-bond donors (Lipinski definition) is 1. The third-order valence-corrected chi connectivity index (χ3v) is 8.47. The van der Waals surface area contributed by atoms with Gasteiger partial charge in [-0.2, -0.15) is 0 Å². The second-order valence-corrected chi connectivity index (χ2v) is 11.2. The van der Waals surface area contributed by atoms with Crippen molar-refractivity contribution in [2.24, 2.45) is 0 Å². The lowest BCUT2D eigenvalue weighted by atomic mass is 9.95. The molecule has 1 aliphatic rings. The van der Waals surface area contributed by atoms with Gasteiger partial charge in [-0.15, -0.1) is 10.2 Å². The van der Waals surface area contributed by atoms with E-state index in [-0.39, 0.29) is 16.3 Å². The summed E-state index contributed by atoms with van der Waals surface area (Å²) in [4.78, 5) is 27.8. The summed E-state index contributed by atoms with van der Waals surface area (Å²) in [5, 5.41) is 19.8. The van der Waals surface area contributed by atoms with Crippen LogP contribution in [0.4, 0.5) is 9.52 Å². The Labute approximate surface area is 239 Å². The maximum Gasteiger partial charge on any atom is 0.301 e. The van der Waals surface area contributed by atoms with Crippen LogP contribution in [-0.2, 0) is 15.3 Å². The predicted octanol–water partition coefficient (Wildman–Crippen LogP) is 6.77. The van der Waals surface area contributed by atoms with E-state index in [2.05, 4.69) is 17.1 Å². The van der Waals surface area contributed by atoms with Crippen molar-refractivity contribution in [3.05, 3.63) is 107 Å². The van der Waals surface area contributed by atoms with Crippen LogP contribution in [0.3, 0.4) is 0 Å². The highest BCUT2D eigenvalue weighted by molar-refractivity contribution is 8.00. The van der Waals surface area contributed by atoms with Crippen molar-refractivity contribution in [3.63, 3.8) is 0 Å². The van der Waals surface area contributed by atoms with Gasteiger partial charge in [0, 0.05) is 16.9 Å². The molecular weight excluding hydrogens is 549 g/mol. The number of unbranched alkanes of at least 4 members (excludes halogenated alkanes) is 1. The molecule has 3 aromatic carbocycles. The summed E-state index contributed by atoms with van der Waals surface area (Å²) >= 11 is 2.57. The van der Waals surface area contributed by atoms with Gasteiger partial charge in [0.1, 0.15) is 23.4 Å². The fraction of sp³-hybridized carbons (Fsp3) is 0.200. The van der Waals surface area contributed by atoms with E-state index in [1.54, 1.807) is 30.3 Å². The molecule has 1 aromatic heterocycles. The molecule has 0 radical (unpaired) electrons. The van der Waals surface area contributed by atoms with Crippen LogP contribution >= 0.6 is 23.1 Å². The highest BCUT2D eigenvalue weighted by atomic mass is 32.2. The number of thioether (sulfide) groups is 1. The van der Waals surface area contributed by atoms with E-state index in [9.17, 15) is 14.7 Å². The zero-order valence-corrected chi connectivity index (χ0v) is 23.3. The Bertz CT molecular complexity index is 1540. The second-order valence-electron chi connectivity index (χ2n) is 9.04. The molecule has 0 bridgehead atoms.